The van der Waals surface area contributed by atoms with Crippen molar-refractivity contribution in [3.05, 3.63) is 35.7 Å². The molecule has 0 fully saturated rings. The molecule has 0 bridgehead atoms. The summed E-state index contributed by atoms with van der Waals surface area (Å²) < 4.78 is 11.1. The second-order valence-corrected chi connectivity index (χ2v) is 4.94. The molecular formula is C15H18N4O2. The van der Waals surface area contributed by atoms with Gasteiger partial charge < -0.3 is 14.9 Å². The summed E-state index contributed by atoms with van der Waals surface area (Å²) >= 11 is 0. The van der Waals surface area contributed by atoms with E-state index in [1.807, 2.05) is 6.07 Å². The molecule has 2 aromatic rings. The van der Waals surface area contributed by atoms with Crippen molar-refractivity contribution in [2.75, 3.05) is 12.5 Å². The van der Waals surface area contributed by atoms with Gasteiger partial charge in [0.05, 0.1) is 7.11 Å². The van der Waals surface area contributed by atoms with Gasteiger partial charge in [0.15, 0.2) is 5.82 Å². The highest BCUT2D eigenvalue weighted by atomic mass is 16.5. The number of methoxy groups -OCH3 is 1. The van der Waals surface area contributed by atoms with Gasteiger partial charge in [-0.3, -0.25) is 0 Å². The molecule has 1 heterocycles. The third-order valence-corrected chi connectivity index (χ3v) is 3.65. The standard InChI is InChI=1S/C15H18N4O2/c1-20-13-14(19-16)17-9-18-15(13)21-12-7-6-10-4-2-3-5-11(10)8-12/h6-9H,2-5,16H2,1H3,(H,17,18,19). The van der Waals surface area contributed by atoms with Crippen LogP contribution in [0.4, 0.5) is 5.82 Å². The summed E-state index contributed by atoms with van der Waals surface area (Å²) in [6.07, 6.45) is 6.12. The number of aromatic nitrogens is 2. The summed E-state index contributed by atoms with van der Waals surface area (Å²) in [4.78, 5) is 8.10. The minimum Gasteiger partial charge on any atom is -0.489 e. The Balaban J connectivity index is 1.90. The largest absolute Gasteiger partial charge is 0.489 e. The predicted octanol–water partition coefficient (Wildman–Crippen LogP) is 2.44. The quantitative estimate of drug-likeness (QED) is 0.663. The van der Waals surface area contributed by atoms with Gasteiger partial charge in [-0.05, 0) is 48.9 Å². The summed E-state index contributed by atoms with van der Waals surface area (Å²) in [6, 6.07) is 6.16. The minimum absolute atomic E-state index is 0.344. The molecule has 1 aromatic heterocycles. The van der Waals surface area contributed by atoms with Gasteiger partial charge >= 0.3 is 0 Å². The zero-order chi connectivity index (χ0) is 14.7. The van der Waals surface area contributed by atoms with Gasteiger partial charge in [0.25, 0.3) is 5.88 Å². The number of hydrogen-bond donors (Lipinski definition) is 2. The number of aryl methyl sites for hydroxylation is 2. The van der Waals surface area contributed by atoms with Crippen LogP contribution in [0.25, 0.3) is 0 Å². The minimum atomic E-state index is 0.344. The number of hydrazine groups is 1. The zero-order valence-electron chi connectivity index (χ0n) is 11.9. The summed E-state index contributed by atoms with van der Waals surface area (Å²) in [5, 5.41) is 0. The highest BCUT2D eigenvalue weighted by Gasteiger charge is 2.15. The Morgan fingerprint density at radius 2 is 1.95 bits per heavy atom. The van der Waals surface area contributed by atoms with Crippen molar-refractivity contribution in [1.82, 2.24) is 9.97 Å². The number of nitrogens with zero attached hydrogens (tertiary/aromatic N) is 2. The Kier molecular flexibility index (Phi) is 3.87. The van der Waals surface area contributed by atoms with E-state index in [2.05, 4.69) is 27.5 Å². The molecule has 0 saturated heterocycles. The van der Waals surface area contributed by atoms with Crippen LogP contribution in [0.3, 0.4) is 0 Å². The average Bonchev–Trinajstić information content (AvgIpc) is 2.54. The fraction of sp³-hybridized carbons (Fsp3) is 0.333. The number of nitrogen functional groups attached to an aromatic ring is 1. The highest BCUT2D eigenvalue weighted by Crippen LogP contribution is 2.35. The van der Waals surface area contributed by atoms with E-state index < -0.39 is 0 Å². The van der Waals surface area contributed by atoms with Crippen LogP contribution in [0.15, 0.2) is 24.5 Å². The average molecular weight is 286 g/mol. The van der Waals surface area contributed by atoms with Crippen molar-refractivity contribution in [1.29, 1.82) is 0 Å². The number of fused-ring (bicyclic) bond motifs is 1. The van der Waals surface area contributed by atoms with E-state index in [9.17, 15) is 0 Å². The van der Waals surface area contributed by atoms with Crippen molar-refractivity contribution >= 4 is 5.82 Å². The number of rotatable bonds is 4. The first-order chi connectivity index (χ1) is 10.3. The number of benzene rings is 1. The Labute approximate surface area is 123 Å². The maximum absolute atomic E-state index is 5.84. The molecule has 6 heteroatoms. The zero-order valence-corrected chi connectivity index (χ0v) is 11.9. The summed E-state index contributed by atoms with van der Waals surface area (Å²) in [5.41, 5.74) is 5.23. The lowest BCUT2D eigenvalue weighted by molar-refractivity contribution is 0.368. The monoisotopic (exact) mass is 286 g/mol. The van der Waals surface area contributed by atoms with E-state index in [0.29, 0.717) is 17.4 Å². The van der Waals surface area contributed by atoms with Gasteiger partial charge in [-0.15, -0.1) is 0 Å². The summed E-state index contributed by atoms with van der Waals surface area (Å²) in [6.45, 7) is 0. The smallest absolute Gasteiger partial charge is 0.268 e. The number of anilines is 1. The van der Waals surface area contributed by atoms with Crippen molar-refractivity contribution in [2.45, 2.75) is 25.7 Å². The molecule has 1 aliphatic carbocycles. The van der Waals surface area contributed by atoms with Crippen LogP contribution >= 0.6 is 0 Å². The van der Waals surface area contributed by atoms with E-state index in [-0.39, 0.29) is 0 Å². The van der Waals surface area contributed by atoms with Crippen molar-refractivity contribution < 1.29 is 9.47 Å². The molecule has 1 aromatic carbocycles. The second-order valence-electron chi connectivity index (χ2n) is 4.94. The van der Waals surface area contributed by atoms with Crippen LogP contribution < -0.4 is 20.7 Å². The number of nitrogens with two attached hydrogens (primary N) is 1. The molecular weight excluding hydrogens is 268 g/mol. The van der Waals surface area contributed by atoms with E-state index >= 15 is 0 Å². The van der Waals surface area contributed by atoms with E-state index in [4.69, 9.17) is 15.3 Å². The Morgan fingerprint density at radius 1 is 1.14 bits per heavy atom. The molecule has 0 amide bonds. The molecule has 0 unspecified atom stereocenters. The van der Waals surface area contributed by atoms with E-state index in [0.717, 1.165) is 18.6 Å². The van der Waals surface area contributed by atoms with Gasteiger partial charge in [0, 0.05) is 0 Å². The molecule has 0 radical (unpaired) electrons. The van der Waals surface area contributed by atoms with E-state index in [1.54, 1.807) is 0 Å². The first-order valence-electron chi connectivity index (χ1n) is 6.97. The number of nitrogens with one attached hydrogen (secondary N) is 1. The van der Waals surface area contributed by atoms with Crippen LogP contribution in [0, 0.1) is 0 Å². The Hall–Kier alpha value is -2.34. The van der Waals surface area contributed by atoms with E-state index in [1.165, 1.54) is 37.4 Å². The summed E-state index contributed by atoms with van der Waals surface area (Å²) in [5.74, 6) is 7.27. The molecule has 0 spiro atoms. The molecule has 0 atom stereocenters. The molecule has 3 rings (SSSR count). The fourth-order valence-corrected chi connectivity index (χ4v) is 2.60. The third kappa shape index (κ3) is 2.75. The van der Waals surface area contributed by atoms with Crippen LogP contribution in [0.2, 0.25) is 0 Å². The Bertz CT molecular complexity index is 646. The van der Waals surface area contributed by atoms with Crippen molar-refractivity contribution in [3.63, 3.8) is 0 Å². The molecule has 0 saturated carbocycles. The van der Waals surface area contributed by atoms with Gasteiger partial charge in [0.2, 0.25) is 5.75 Å². The fourth-order valence-electron chi connectivity index (χ4n) is 2.60. The number of ether oxygens (including phenoxy) is 2. The normalized spacial score (nSPS) is 13.4. The maximum atomic E-state index is 5.84. The third-order valence-electron chi connectivity index (χ3n) is 3.65. The molecule has 110 valence electrons. The topological polar surface area (TPSA) is 82.3 Å². The van der Waals surface area contributed by atoms with Gasteiger partial charge in [-0.1, -0.05) is 6.07 Å². The molecule has 3 N–H and O–H groups in total. The van der Waals surface area contributed by atoms with Crippen LogP contribution in [0.1, 0.15) is 24.0 Å². The second kappa shape index (κ2) is 5.97. The highest BCUT2D eigenvalue weighted by molar-refractivity contribution is 5.55. The van der Waals surface area contributed by atoms with Gasteiger partial charge in [-0.25, -0.2) is 10.8 Å². The summed E-state index contributed by atoms with van der Waals surface area (Å²) in [7, 11) is 1.53. The predicted molar refractivity (Wildman–Crippen MR) is 79.6 cm³/mol. The molecule has 21 heavy (non-hydrogen) atoms. The first kappa shape index (κ1) is 13.6. The molecule has 1 aliphatic rings. The SMILES string of the molecule is COc1c(NN)ncnc1Oc1ccc2c(c1)CCCC2. The van der Waals surface area contributed by atoms with Crippen molar-refractivity contribution in [3.8, 4) is 17.4 Å². The maximum Gasteiger partial charge on any atom is 0.268 e. The van der Waals surface area contributed by atoms with Crippen LogP contribution in [-0.2, 0) is 12.8 Å². The lowest BCUT2D eigenvalue weighted by atomic mass is 9.92. The first-order valence-corrected chi connectivity index (χ1v) is 6.97. The number of hydrogen-bond acceptors (Lipinski definition) is 6. The van der Waals surface area contributed by atoms with Gasteiger partial charge in [0.1, 0.15) is 12.1 Å². The van der Waals surface area contributed by atoms with Crippen LogP contribution in [0.5, 0.6) is 17.4 Å². The lowest BCUT2D eigenvalue weighted by Gasteiger charge is -2.17. The lowest BCUT2D eigenvalue weighted by Crippen LogP contribution is -2.11. The Morgan fingerprint density at radius 3 is 2.71 bits per heavy atom. The van der Waals surface area contributed by atoms with Crippen LogP contribution in [-0.4, -0.2) is 17.1 Å². The van der Waals surface area contributed by atoms with Crippen molar-refractivity contribution in [2.24, 2.45) is 5.84 Å². The molecule has 0 aliphatic heterocycles. The molecule has 6 nitrogen and oxygen atoms in total. The van der Waals surface area contributed by atoms with Gasteiger partial charge in [-0.2, -0.15) is 4.98 Å².